The predicted molar refractivity (Wildman–Crippen MR) is 116 cm³/mol. The van der Waals surface area contributed by atoms with E-state index >= 15 is 0 Å². The molecule has 0 aromatic rings. The number of unbranched alkanes of at least 4 members (excludes halogenated alkanes) is 11. The molecule has 0 saturated carbocycles. The van der Waals surface area contributed by atoms with Crippen LogP contribution in [0, 0.1) is 0 Å². The van der Waals surface area contributed by atoms with Crippen molar-refractivity contribution in [2.75, 3.05) is 13.1 Å². The third kappa shape index (κ3) is 15.9. The summed E-state index contributed by atoms with van der Waals surface area (Å²) in [6.07, 6.45) is 14.7. The van der Waals surface area contributed by atoms with Crippen molar-refractivity contribution >= 4 is 11.8 Å². The minimum atomic E-state index is -0.921. The van der Waals surface area contributed by atoms with Crippen molar-refractivity contribution in [2.45, 2.75) is 116 Å². The number of nitrogens with two attached hydrogens (primary N) is 1. The minimum absolute atomic E-state index is 0.168. The average molecular weight is 400 g/mol. The zero-order valence-electron chi connectivity index (χ0n) is 18.3. The van der Waals surface area contributed by atoms with E-state index in [9.17, 15) is 14.7 Å². The Hall–Kier alpha value is -1.14. The Morgan fingerprint density at radius 3 is 1.89 bits per heavy atom. The van der Waals surface area contributed by atoms with Gasteiger partial charge in [-0.2, -0.15) is 0 Å². The van der Waals surface area contributed by atoms with Crippen LogP contribution in [0.2, 0.25) is 0 Å². The SMILES string of the molecule is CCCCCCCCCCCCCC(=O)N[C@H](C(=O)NCCCCN)[C@@H](C)O. The maximum atomic E-state index is 12.1. The number of aliphatic hydroxyl groups excluding tert-OH is 1. The molecule has 0 bridgehead atoms. The van der Waals surface area contributed by atoms with Gasteiger partial charge in [0.1, 0.15) is 6.04 Å². The average Bonchev–Trinajstić information content (AvgIpc) is 2.67. The van der Waals surface area contributed by atoms with E-state index in [4.69, 9.17) is 5.73 Å². The van der Waals surface area contributed by atoms with Crippen LogP contribution in [0.5, 0.6) is 0 Å². The van der Waals surface area contributed by atoms with E-state index in [1.54, 1.807) is 0 Å². The third-order valence-electron chi connectivity index (χ3n) is 5.02. The molecule has 0 spiro atoms. The standard InChI is InChI=1S/C22H45N3O3/c1-3-4-5-6-7-8-9-10-11-12-13-16-20(27)25-21(19(2)26)22(28)24-18-15-14-17-23/h19,21,26H,3-18,23H2,1-2H3,(H,24,28)(H,25,27)/t19-,21+/m1/s1. The smallest absolute Gasteiger partial charge is 0.245 e. The lowest BCUT2D eigenvalue weighted by atomic mass is 10.0. The number of carbonyl (C=O) groups is 2. The van der Waals surface area contributed by atoms with Gasteiger partial charge in [-0.1, -0.05) is 71.1 Å². The van der Waals surface area contributed by atoms with Crippen LogP contribution in [-0.4, -0.2) is 42.2 Å². The summed E-state index contributed by atoms with van der Waals surface area (Å²) < 4.78 is 0. The molecule has 166 valence electrons. The molecular weight excluding hydrogens is 354 g/mol. The van der Waals surface area contributed by atoms with Crippen molar-refractivity contribution in [2.24, 2.45) is 5.73 Å². The molecule has 0 fully saturated rings. The van der Waals surface area contributed by atoms with Crippen LogP contribution >= 0.6 is 0 Å². The Morgan fingerprint density at radius 2 is 1.39 bits per heavy atom. The molecule has 0 saturated heterocycles. The topological polar surface area (TPSA) is 104 Å². The van der Waals surface area contributed by atoms with Crippen LogP contribution in [0.25, 0.3) is 0 Å². The van der Waals surface area contributed by atoms with Crippen molar-refractivity contribution < 1.29 is 14.7 Å². The van der Waals surface area contributed by atoms with Crippen molar-refractivity contribution in [1.29, 1.82) is 0 Å². The molecule has 0 heterocycles. The molecular formula is C22H45N3O3. The number of nitrogens with one attached hydrogen (secondary N) is 2. The van der Waals surface area contributed by atoms with Gasteiger partial charge in [-0.15, -0.1) is 0 Å². The molecule has 0 aliphatic heterocycles. The highest BCUT2D eigenvalue weighted by Gasteiger charge is 2.24. The molecule has 0 aromatic heterocycles. The lowest BCUT2D eigenvalue weighted by Crippen LogP contribution is -2.52. The first-order valence-electron chi connectivity index (χ1n) is 11.5. The third-order valence-corrected chi connectivity index (χ3v) is 5.02. The van der Waals surface area contributed by atoms with Crippen molar-refractivity contribution in [3.63, 3.8) is 0 Å². The zero-order chi connectivity index (χ0) is 21.0. The summed E-state index contributed by atoms with van der Waals surface area (Å²) in [7, 11) is 0. The van der Waals surface area contributed by atoms with Crippen molar-refractivity contribution in [3.8, 4) is 0 Å². The van der Waals surface area contributed by atoms with Gasteiger partial charge in [0.25, 0.3) is 0 Å². The molecule has 2 atom stereocenters. The van der Waals surface area contributed by atoms with Gasteiger partial charge in [0, 0.05) is 13.0 Å². The van der Waals surface area contributed by atoms with Gasteiger partial charge in [-0.05, 0) is 32.7 Å². The number of carbonyl (C=O) groups excluding carboxylic acids is 2. The van der Waals surface area contributed by atoms with Crippen LogP contribution in [0.15, 0.2) is 0 Å². The van der Waals surface area contributed by atoms with Crippen LogP contribution in [0.1, 0.15) is 104 Å². The molecule has 0 rings (SSSR count). The Kier molecular flexibility index (Phi) is 18.4. The molecule has 28 heavy (non-hydrogen) atoms. The summed E-state index contributed by atoms with van der Waals surface area (Å²) >= 11 is 0. The van der Waals surface area contributed by atoms with Gasteiger partial charge in [0.05, 0.1) is 6.10 Å². The van der Waals surface area contributed by atoms with Crippen molar-refractivity contribution in [3.05, 3.63) is 0 Å². The molecule has 0 aromatic carbocycles. The number of hydrogen-bond acceptors (Lipinski definition) is 4. The minimum Gasteiger partial charge on any atom is -0.391 e. The normalized spacial score (nSPS) is 13.1. The second-order valence-electron chi connectivity index (χ2n) is 7.86. The fourth-order valence-corrected chi connectivity index (χ4v) is 3.19. The van der Waals surface area contributed by atoms with Gasteiger partial charge in [-0.25, -0.2) is 0 Å². The molecule has 0 aliphatic rings. The van der Waals surface area contributed by atoms with Crippen LogP contribution in [0.4, 0.5) is 0 Å². The van der Waals surface area contributed by atoms with Crippen LogP contribution in [-0.2, 0) is 9.59 Å². The van der Waals surface area contributed by atoms with Gasteiger partial charge in [-0.3, -0.25) is 9.59 Å². The fraction of sp³-hybridized carbons (Fsp3) is 0.909. The first kappa shape index (κ1) is 26.9. The molecule has 0 radical (unpaired) electrons. The summed E-state index contributed by atoms with van der Waals surface area (Å²) in [5.41, 5.74) is 5.42. The maximum Gasteiger partial charge on any atom is 0.245 e. The number of aliphatic hydroxyl groups is 1. The first-order chi connectivity index (χ1) is 13.5. The summed E-state index contributed by atoms with van der Waals surface area (Å²) in [6, 6.07) is -0.891. The van der Waals surface area contributed by atoms with Crippen LogP contribution in [0.3, 0.4) is 0 Å². The van der Waals surface area contributed by atoms with Gasteiger partial charge >= 0.3 is 0 Å². The zero-order valence-corrected chi connectivity index (χ0v) is 18.3. The lowest BCUT2D eigenvalue weighted by molar-refractivity contribution is -0.131. The van der Waals surface area contributed by atoms with E-state index in [0.717, 1.165) is 32.1 Å². The van der Waals surface area contributed by atoms with Gasteiger partial charge in [0.15, 0.2) is 0 Å². The number of amides is 2. The second kappa shape index (κ2) is 19.2. The van der Waals surface area contributed by atoms with Crippen LogP contribution < -0.4 is 16.4 Å². The summed E-state index contributed by atoms with van der Waals surface area (Å²) in [4.78, 5) is 24.2. The van der Waals surface area contributed by atoms with E-state index < -0.39 is 12.1 Å². The Labute approximate surface area is 172 Å². The lowest BCUT2D eigenvalue weighted by Gasteiger charge is -2.21. The largest absolute Gasteiger partial charge is 0.391 e. The number of rotatable bonds is 19. The summed E-state index contributed by atoms with van der Waals surface area (Å²) in [5.74, 6) is -0.502. The number of hydrogen-bond donors (Lipinski definition) is 4. The molecule has 5 N–H and O–H groups in total. The Bertz CT molecular complexity index is 389. The van der Waals surface area contributed by atoms with Crippen molar-refractivity contribution in [1.82, 2.24) is 10.6 Å². The molecule has 2 amide bonds. The highest BCUT2D eigenvalue weighted by molar-refractivity contribution is 5.88. The Morgan fingerprint density at radius 1 is 0.857 bits per heavy atom. The van der Waals surface area contributed by atoms with Gasteiger partial charge < -0.3 is 21.5 Å². The van der Waals surface area contributed by atoms with E-state index in [-0.39, 0.29) is 11.8 Å². The quantitative estimate of drug-likeness (QED) is 0.250. The first-order valence-corrected chi connectivity index (χ1v) is 11.5. The molecule has 0 unspecified atom stereocenters. The highest BCUT2D eigenvalue weighted by Crippen LogP contribution is 2.12. The fourth-order valence-electron chi connectivity index (χ4n) is 3.19. The molecule has 0 aliphatic carbocycles. The maximum absolute atomic E-state index is 12.1. The van der Waals surface area contributed by atoms with E-state index in [2.05, 4.69) is 17.6 Å². The van der Waals surface area contributed by atoms with E-state index in [0.29, 0.717) is 19.5 Å². The molecule has 6 heteroatoms. The van der Waals surface area contributed by atoms with Gasteiger partial charge in [0.2, 0.25) is 11.8 Å². The molecule has 6 nitrogen and oxygen atoms in total. The highest BCUT2D eigenvalue weighted by atomic mass is 16.3. The summed E-state index contributed by atoms with van der Waals surface area (Å²) in [5, 5.41) is 15.2. The predicted octanol–water partition coefficient (Wildman–Crippen LogP) is 3.41. The Balaban J connectivity index is 3.76. The van der Waals surface area contributed by atoms with E-state index in [1.165, 1.54) is 58.3 Å². The van der Waals surface area contributed by atoms with E-state index in [1.807, 2.05) is 0 Å². The monoisotopic (exact) mass is 399 g/mol. The second-order valence-corrected chi connectivity index (χ2v) is 7.86. The summed E-state index contributed by atoms with van der Waals surface area (Å²) in [6.45, 7) is 4.86.